The molecule has 1 heterocycles. The molecule has 0 amide bonds. The number of non-ortho nitro benzene ring substituents is 1. The second-order valence-corrected chi connectivity index (χ2v) is 4.20. The standard InChI is InChI=1S/C12H9ClN4O3/c1-20-7-11-10(6-14)12(13)16(15-11)8-2-4-9(5-3-8)17(18)19/h2-5H,7H2,1H3. The molecule has 0 N–H and O–H groups in total. The number of methoxy groups -OCH3 is 1. The van der Waals surface area contributed by atoms with Crippen LogP contribution in [0.4, 0.5) is 5.69 Å². The molecule has 0 radical (unpaired) electrons. The summed E-state index contributed by atoms with van der Waals surface area (Å²) >= 11 is 6.09. The van der Waals surface area contributed by atoms with Crippen molar-refractivity contribution >= 4 is 17.3 Å². The van der Waals surface area contributed by atoms with Gasteiger partial charge >= 0.3 is 0 Å². The number of nitriles is 1. The molecule has 0 aliphatic carbocycles. The zero-order chi connectivity index (χ0) is 14.7. The van der Waals surface area contributed by atoms with E-state index in [-0.39, 0.29) is 23.0 Å². The summed E-state index contributed by atoms with van der Waals surface area (Å²) in [6.07, 6.45) is 0. The van der Waals surface area contributed by atoms with E-state index in [4.69, 9.17) is 21.6 Å². The van der Waals surface area contributed by atoms with Gasteiger partial charge in [-0.2, -0.15) is 10.4 Å². The van der Waals surface area contributed by atoms with Crippen molar-refractivity contribution in [2.24, 2.45) is 0 Å². The monoisotopic (exact) mass is 292 g/mol. The lowest BCUT2D eigenvalue weighted by Gasteiger charge is -2.02. The third-order valence-electron chi connectivity index (χ3n) is 2.60. The molecule has 0 spiro atoms. The number of hydrogen-bond acceptors (Lipinski definition) is 5. The lowest BCUT2D eigenvalue weighted by molar-refractivity contribution is -0.384. The Kier molecular flexibility index (Phi) is 3.98. The number of hydrogen-bond donors (Lipinski definition) is 0. The third-order valence-corrected chi connectivity index (χ3v) is 2.95. The fraction of sp³-hybridized carbons (Fsp3) is 0.167. The molecule has 0 fully saturated rings. The molecule has 0 aliphatic heterocycles. The molecule has 2 rings (SSSR count). The van der Waals surface area contributed by atoms with Crippen molar-refractivity contribution in [2.75, 3.05) is 7.11 Å². The molecule has 0 bridgehead atoms. The lowest BCUT2D eigenvalue weighted by Crippen LogP contribution is -1.98. The summed E-state index contributed by atoms with van der Waals surface area (Å²) in [5.41, 5.74) is 1.14. The number of nitrogens with zero attached hydrogens (tertiary/aromatic N) is 4. The van der Waals surface area contributed by atoms with E-state index < -0.39 is 4.92 Å². The SMILES string of the molecule is COCc1nn(-c2ccc([N+](=O)[O-])cc2)c(Cl)c1C#N. The normalized spacial score (nSPS) is 10.2. The summed E-state index contributed by atoms with van der Waals surface area (Å²) in [6, 6.07) is 7.67. The molecule has 0 unspecified atom stereocenters. The van der Waals surface area contributed by atoms with E-state index in [1.165, 1.54) is 36.1 Å². The van der Waals surface area contributed by atoms with Crippen molar-refractivity contribution in [3.05, 3.63) is 50.8 Å². The van der Waals surface area contributed by atoms with E-state index in [2.05, 4.69) is 5.10 Å². The number of nitro benzene ring substituents is 1. The summed E-state index contributed by atoms with van der Waals surface area (Å²) in [5.74, 6) is 0. The Morgan fingerprint density at radius 1 is 1.50 bits per heavy atom. The van der Waals surface area contributed by atoms with Crippen LogP contribution in [-0.4, -0.2) is 21.8 Å². The quantitative estimate of drug-likeness (QED) is 0.637. The van der Waals surface area contributed by atoms with Crippen molar-refractivity contribution < 1.29 is 9.66 Å². The zero-order valence-electron chi connectivity index (χ0n) is 10.4. The summed E-state index contributed by atoms with van der Waals surface area (Å²) in [5, 5.41) is 24.0. The van der Waals surface area contributed by atoms with E-state index in [0.29, 0.717) is 11.4 Å². The summed E-state index contributed by atoms with van der Waals surface area (Å²) in [6.45, 7) is 0.155. The molecule has 0 saturated carbocycles. The van der Waals surface area contributed by atoms with Gasteiger partial charge in [0.15, 0.2) is 5.15 Å². The average molecular weight is 293 g/mol. The van der Waals surface area contributed by atoms with Gasteiger partial charge in [-0.3, -0.25) is 10.1 Å². The van der Waals surface area contributed by atoms with Gasteiger partial charge in [-0.25, -0.2) is 4.68 Å². The predicted molar refractivity (Wildman–Crippen MR) is 70.7 cm³/mol. The second kappa shape index (κ2) is 5.69. The minimum atomic E-state index is -0.495. The van der Waals surface area contributed by atoms with Crippen molar-refractivity contribution in [3.8, 4) is 11.8 Å². The average Bonchev–Trinajstić information content (AvgIpc) is 2.75. The van der Waals surface area contributed by atoms with Crippen molar-refractivity contribution in [2.45, 2.75) is 6.61 Å². The number of halogens is 1. The molecular weight excluding hydrogens is 284 g/mol. The van der Waals surface area contributed by atoms with Gasteiger partial charge in [-0.1, -0.05) is 11.6 Å². The van der Waals surface area contributed by atoms with Crippen LogP contribution in [0.25, 0.3) is 5.69 Å². The maximum absolute atomic E-state index is 10.6. The number of rotatable bonds is 4. The molecule has 0 saturated heterocycles. The van der Waals surface area contributed by atoms with Gasteiger partial charge in [0, 0.05) is 19.2 Å². The maximum atomic E-state index is 10.6. The Hall–Kier alpha value is -2.43. The van der Waals surface area contributed by atoms with E-state index in [0.717, 1.165) is 0 Å². The van der Waals surface area contributed by atoms with Crippen LogP contribution < -0.4 is 0 Å². The van der Waals surface area contributed by atoms with Crippen LogP contribution in [-0.2, 0) is 11.3 Å². The predicted octanol–water partition coefficient (Wildman–Crippen LogP) is 2.45. The third kappa shape index (κ3) is 2.47. The minimum Gasteiger partial charge on any atom is -0.378 e. The first-order valence-electron chi connectivity index (χ1n) is 5.49. The molecular formula is C12H9ClN4O3. The molecule has 8 heteroatoms. The number of benzene rings is 1. The molecule has 2 aromatic rings. The van der Waals surface area contributed by atoms with Crippen LogP contribution in [0.2, 0.25) is 5.15 Å². The smallest absolute Gasteiger partial charge is 0.269 e. The van der Waals surface area contributed by atoms with Gasteiger partial charge in [0.05, 0.1) is 17.2 Å². The highest BCUT2D eigenvalue weighted by molar-refractivity contribution is 6.31. The second-order valence-electron chi connectivity index (χ2n) is 3.84. The van der Waals surface area contributed by atoms with E-state index in [1.54, 1.807) is 0 Å². The van der Waals surface area contributed by atoms with E-state index in [1.807, 2.05) is 6.07 Å². The van der Waals surface area contributed by atoms with Gasteiger partial charge in [0.2, 0.25) is 0 Å². The Bertz CT molecular complexity index is 688. The largest absolute Gasteiger partial charge is 0.378 e. The Labute approximate surface area is 119 Å². The first kappa shape index (κ1) is 14.0. The molecule has 20 heavy (non-hydrogen) atoms. The van der Waals surface area contributed by atoms with Gasteiger partial charge in [-0.05, 0) is 12.1 Å². The molecule has 0 atom stereocenters. The number of nitro groups is 1. The van der Waals surface area contributed by atoms with Crippen LogP contribution in [0, 0.1) is 21.4 Å². The van der Waals surface area contributed by atoms with Gasteiger partial charge in [0.25, 0.3) is 5.69 Å². The van der Waals surface area contributed by atoms with Crippen LogP contribution in [0.15, 0.2) is 24.3 Å². The first-order chi connectivity index (χ1) is 9.58. The molecule has 102 valence electrons. The van der Waals surface area contributed by atoms with Crippen molar-refractivity contribution in [1.29, 1.82) is 5.26 Å². The van der Waals surface area contributed by atoms with Crippen LogP contribution >= 0.6 is 11.6 Å². The van der Waals surface area contributed by atoms with Crippen molar-refractivity contribution in [3.63, 3.8) is 0 Å². The van der Waals surface area contributed by atoms with E-state index >= 15 is 0 Å². The Balaban J connectivity index is 2.47. The number of ether oxygens (including phenoxy) is 1. The van der Waals surface area contributed by atoms with Crippen LogP contribution in [0.5, 0.6) is 0 Å². The number of aromatic nitrogens is 2. The Morgan fingerprint density at radius 2 is 2.15 bits per heavy atom. The highest BCUT2D eigenvalue weighted by Gasteiger charge is 2.17. The highest BCUT2D eigenvalue weighted by Crippen LogP contribution is 2.24. The maximum Gasteiger partial charge on any atom is 0.269 e. The highest BCUT2D eigenvalue weighted by atomic mass is 35.5. The fourth-order valence-corrected chi connectivity index (χ4v) is 1.96. The topological polar surface area (TPSA) is 94.0 Å². The first-order valence-corrected chi connectivity index (χ1v) is 5.87. The molecule has 7 nitrogen and oxygen atoms in total. The summed E-state index contributed by atoms with van der Waals surface area (Å²) < 4.78 is 6.30. The molecule has 1 aromatic heterocycles. The van der Waals surface area contributed by atoms with E-state index in [9.17, 15) is 10.1 Å². The summed E-state index contributed by atoms with van der Waals surface area (Å²) in [4.78, 5) is 10.1. The van der Waals surface area contributed by atoms with Crippen molar-refractivity contribution in [1.82, 2.24) is 9.78 Å². The fourth-order valence-electron chi connectivity index (χ4n) is 1.67. The van der Waals surface area contributed by atoms with Gasteiger partial charge in [-0.15, -0.1) is 0 Å². The van der Waals surface area contributed by atoms with Gasteiger partial charge < -0.3 is 4.74 Å². The molecule has 1 aromatic carbocycles. The molecule has 0 aliphatic rings. The minimum absolute atomic E-state index is 0.0327. The lowest BCUT2D eigenvalue weighted by atomic mass is 10.2. The van der Waals surface area contributed by atoms with Crippen LogP contribution in [0.3, 0.4) is 0 Å². The van der Waals surface area contributed by atoms with Gasteiger partial charge in [0.1, 0.15) is 17.3 Å². The van der Waals surface area contributed by atoms with Crippen LogP contribution in [0.1, 0.15) is 11.3 Å². The summed E-state index contributed by atoms with van der Waals surface area (Å²) in [7, 11) is 1.49. The zero-order valence-corrected chi connectivity index (χ0v) is 11.2. The Morgan fingerprint density at radius 3 is 2.65 bits per heavy atom.